The molecule has 0 spiro atoms. The fourth-order valence-electron chi connectivity index (χ4n) is 2.76. The van der Waals surface area contributed by atoms with Gasteiger partial charge in [0.1, 0.15) is 0 Å². The first-order valence-corrected chi connectivity index (χ1v) is 8.49. The van der Waals surface area contributed by atoms with Gasteiger partial charge in [-0.1, -0.05) is 30.3 Å². The molecule has 25 heavy (non-hydrogen) atoms. The third-order valence-electron chi connectivity index (χ3n) is 4.10. The van der Waals surface area contributed by atoms with Crippen molar-refractivity contribution in [1.29, 1.82) is 0 Å². The molecule has 0 aliphatic carbocycles. The summed E-state index contributed by atoms with van der Waals surface area (Å²) in [5.74, 6) is 1.41. The third kappa shape index (κ3) is 8.04. The monoisotopic (exact) mass is 460 g/mol. The van der Waals surface area contributed by atoms with E-state index in [0.717, 1.165) is 37.7 Å². The van der Waals surface area contributed by atoms with Gasteiger partial charge in [0.05, 0.1) is 6.61 Å². The Morgan fingerprint density at radius 3 is 2.72 bits per heavy atom. The number of benzene rings is 1. The fraction of sp³-hybridized carbons (Fsp3) is 0.556. The van der Waals surface area contributed by atoms with Crippen LogP contribution in [0.5, 0.6) is 0 Å². The molecule has 1 aromatic rings. The smallest absolute Gasteiger partial charge is 0.222 e. The molecule has 1 aliphatic heterocycles. The minimum atomic E-state index is 0. The average molecular weight is 460 g/mol. The molecule has 1 amide bonds. The highest BCUT2D eigenvalue weighted by molar-refractivity contribution is 14.0. The van der Waals surface area contributed by atoms with Gasteiger partial charge in [0.25, 0.3) is 0 Å². The molecule has 2 rings (SSSR count). The number of aliphatic imine (C=N–C) groups is 1. The van der Waals surface area contributed by atoms with Crippen LogP contribution in [0.4, 0.5) is 0 Å². The Labute approximate surface area is 167 Å². The van der Waals surface area contributed by atoms with E-state index in [1.807, 2.05) is 37.4 Å². The number of nitrogens with one attached hydrogen (secondary N) is 2. The number of ether oxygens (including phenoxy) is 1. The van der Waals surface area contributed by atoms with Crippen LogP contribution >= 0.6 is 24.0 Å². The van der Waals surface area contributed by atoms with Crippen molar-refractivity contribution in [3.63, 3.8) is 0 Å². The molecule has 140 valence electrons. The number of carbonyl (C=O) groups is 1. The summed E-state index contributed by atoms with van der Waals surface area (Å²) in [5.41, 5.74) is 1.10. The number of rotatable bonds is 7. The Kier molecular flexibility index (Phi) is 10.5. The van der Waals surface area contributed by atoms with Crippen LogP contribution in [0.25, 0.3) is 0 Å². The molecular formula is C18H29IN4O2. The predicted octanol–water partition coefficient (Wildman–Crippen LogP) is 1.85. The highest BCUT2D eigenvalue weighted by atomic mass is 127. The van der Waals surface area contributed by atoms with Crippen LogP contribution in [0.2, 0.25) is 0 Å². The maximum absolute atomic E-state index is 11.9. The summed E-state index contributed by atoms with van der Waals surface area (Å²) in [5, 5.41) is 6.18. The van der Waals surface area contributed by atoms with E-state index in [1.165, 1.54) is 0 Å². The Morgan fingerprint density at radius 2 is 2.08 bits per heavy atom. The lowest BCUT2D eigenvalue weighted by Crippen LogP contribution is -2.42. The molecule has 0 aromatic heterocycles. The normalized spacial score (nSPS) is 16.9. The van der Waals surface area contributed by atoms with Crippen LogP contribution < -0.4 is 10.6 Å². The number of guanidine groups is 1. The molecular weight excluding hydrogens is 431 g/mol. The van der Waals surface area contributed by atoms with Gasteiger partial charge in [-0.3, -0.25) is 9.79 Å². The second kappa shape index (κ2) is 12.1. The van der Waals surface area contributed by atoms with E-state index in [4.69, 9.17) is 4.74 Å². The van der Waals surface area contributed by atoms with Gasteiger partial charge in [-0.05, 0) is 12.0 Å². The molecule has 0 radical (unpaired) electrons. The molecule has 1 unspecified atom stereocenters. The van der Waals surface area contributed by atoms with E-state index >= 15 is 0 Å². The van der Waals surface area contributed by atoms with Gasteiger partial charge in [0, 0.05) is 52.7 Å². The SMILES string of the molecule is CN=C(NCCC(=O)NCc1ccccc1)N(C)CC1CCOC1.I. The molecule has 1 fully saturated rings. The van der Waals surface area contributed by atoms with Crippen LogP contribution in [0, 0.1) is 5.92 Å². The van der Waals surface area contributed by atoms with Crippen LogP contribution in [0.1, 0.15) is 18.4 Å². The number of nitrogens with zero attached hydrogens (tertiary/aromatic N) is 2. The third-order valence-corrected chi connectivity index (χ3v) is 4.10. The van der Waals surface area contributed by atoms with E-state index in [2.05, 4.69) is 20.5 Å². The van der Waals surface area contributed by atoms with Crippen molar-refractivity contribution in [3.8, 4) is 0 Å². The molecule has 6 nitrogen and oxygen atoms in total. The van der Waals surface area contributed by atoms with Gasteiger partial charge in [-0.25, -0.2) is 0 Å². The number of hydrogen-bond acceptors (Lipinski definition) is 3. The van der Waals surface area contributed by atoms with Crippen molar-refractivity contribution in [2.45, 2.75) is 19.4 Å². The second-order valence-electron chi connectivity index (χ2n) is 6.10. The minimum absolute atomic E-state index is 0. The van der Waals surface area contributed by atoms with E-state index in [0.29, 0.717) is 25.4 Å². The Morgan fingerprint density at radius 1 is 1.32 bits per heavy atom. The second-order valence-corrected chi connectivity index (χ2v) is 6.10. The lowest BCUT2D eigenvalue weighted by atomic mass is 10.1. The zero-order valence-electron chi connectivity index (χ0n) is 15.0. The minimum Gasteiger partial charge on any atom is -0.381 e. The maximum Gasteiger partial charge on any atom is 0.222 e. The zero-order chi connectivity index (χ0) is 17.2. The molecule has 7 heteroatoms. The number of amides is 1. The van der Waals surface area contributed by atoms with Gasteiger partial charge < -0.3 is 20.3 Å². The van der Waals surface area contributed by atoms with Crippen molar-refractivity contribution in [3.05, 3.63) is 35.9 Å². The first-order valence-electron chi connectivity index (χ1n) is 8.49. The summed E-state index contributed by atoms with van der Waals surface area (Å²) in [7, 11) is 3.78. The maximum atomic E-state index is 11.9. The van der Waals surface area contributed by atoms with E-state index in [1.54, 1.807) is 7.05 Å². The molecule has 1 aliphatic rings. The zero-order valence-corrected chi connectivity index (χ0v) is 17.4. The quantitative estimate of drug-likeness (QED) is 0.371. The van der Waals surface area contributed by atoms with Crippen molar-refractivity contribution < 1.29 is 9.53 Å². The Balaban J connectivity index is 0.00000312. The van der Waals surface area contributed by atoms with Gasteiger partial charge in [0.15, 0.2) is 5.96 Å². The molecule has 1 aromatic carbocycles. The average Bonchev–Trinajstić information content (AvgIpc) is 3.10. The molecule has 1 saturated heterocycles. The van der Waals surface area contributed by atoms with Crippen molar-refractivity contribution in [2.24, 2.45) is 10.9 Å². The Hall–Kier alpha value is -1.35. The van der Waals surface area contributed by atoms with Gasteiger partial charge in [0.2, 0.25) is 5.91 Å². The van der Waals surface area contributed by atoms with E-state index in [9.17, 15) is 4.79 Å². The molecule has 1 heterocycles. The number of carbonyl (C=O) groups excluding carboxylic acids is 1. The number of hydrogen-bond donors (Lipinski definition) is 2. The summed E-state index contributed by atoms with van der Waals surface area (Å²) in [6, 6.07) is 9.91. The van der Waals surface area contributed by atoms with E-state index in [-0.39, 0.29) is 29.9 Å². The summed E-state index contributed by atoms with van der Waals surface area (Å²) >= 11 is 0. The largest absolute Gasteiger partial charge is 0.381 e. The highest BCUT2D eigenvalue weighted by Gasteiger charge is 2.19. The predicted molar refractivity (Wildman–Crippen MR) is 111 cm³/mol. The van der Waals surface area contributed by atoms with E-state index < -0.39 is 0 Å². The van der Waals surface area contributed by atoms with Crippen LogP contribution in [-0.4, -0.2) is 57.2 Å². The molecule has 0 saturated carbocycles. The lowest BCUT2D eigenvalue weighted by molar-refractivity contribution is -0.121. The summed E-state index contributed by atoms with van der Waals surface area (Å²) in [4.78, 5) is 18.3. The lowest BCUT2D eigenvalue weighted by Gasteiger charge is -2.24. The van der Waals surface area contributed by atoms with Gasteiger partial charge in [-0.2, -0.15) is 0 Å². The molecule has 1 atom stereocenters. The first kappa shape index (κ1) is 21.7. The first-order chi connectivity index (χ1) is 11.7. The standard InChI is InChI=1S/C18H28N4O2.HI/c1-19-18(22(2)13-16-9-11-24-14-16)20-10-8-17(23)21-12-15-6-4-3-5-7-15;/h3-7,16H,8-14H2,1-2H3,(H,19,20)(H,21,23);1H. The van der Waals surface area contributed by atoms with Crippen LogP contribution in [0.15, 0.2) is 35.3 Å². The van der Waals surface area contributed by atoms with Crippen molar-refractivity contribution in [1.82, 2.24) is 15.5 Å². The molecule has 0 bridgehead atoms. The van der Waals surface area contributed by atoms with Crippen LogP contribution in [0.3, 0.4) is 0 Å². The summed E-state index contributed by atoms with van der Waals surface area (Å²) < 4.78 is 5.41. The molecule has 2 N–H and O–H groups in total. The Bertz CT molecular complexity index is 533. The van der Waals surface area contributed by atoms with Crippen molar-refractivity contribution >= 4 is 35.8 Å². The van der Waals surface area contributed by atoms with Crippen molar-refractivity contribution in [2.75, 3.05) is 40.4 Å². The highest BCUT2D eigenvalue weighted by Crippen LogP contribution is 2.13. The van der Waals surface area contributed by atoms with Gasteiger partial charge in [-0.15, -0.1) is 24.0 Å². The van der Waals surface area contributed by atoms with Gasteiger partial charge >= 0.3 is 0 Å². The summed E-state index contributed by atoms with van der Waals surface area (Å²) in [6.45, 7) is 3.73. The summed E-state index contributed by atoms with van der Waals surface area (Å²) in [6.07, 6.45) is 1.52. The number of halogens is 1. The topological polar surface area (TPSA) is 66.0 Å². The van der Waals surface area contributed by atoms with Crippen LogP contribution in [-0.2, 0) is 16.1 Å². The fourth-order valence-corrected chi connectivity index (χ4v) is 2.76.